The topological polar surface area (TPSA) is 93.4 Å². The Kier molecular flexibility index (Phi) is 4.70. The summed E-state index contributed by atoms with van der Waals surface area (Å²) in [5.74, 6) is -0.692. The maximum Gasteiger partial charge on any atom is 0.226 e. The van der Waals surface area contributed by atoms with E-state index in [0.717, 1.165) is 12.4 Å². The molecule has 0 unspecified atom stereocenters. The lowest BCUT2D eigenvalue weighted by Crippen LogP contribution is -2.14. The minimum absolute atomic E-state index is 0.0604. The molecule has 0 radical (unpaired) electrons. The fourth-order valence-corrected chi connectivity index (χ4v) is 2.14. The lowest BCUT2D eigenvalue weighted by atomic mass is 10.3. The van der Waals surface area contributed by atoms with Crippen molar-refractivity contribution >= 4 is 29.2 Å². The van der Waals surface area contributed by atoms with Crippen LogP contribution >= 0.6 is 11.6 Å². The molecule has 2 N–H and O–H groups in total. The fraction of sp³-hybridized carbons (Fsp3) is 0.214. The molecule has 11 heteroatoms. The van der Waals surface area contributed by atoms with Crippen molar-refractivity contribution in [3.63, 3.8) is 0 Å². The molecule has 0 spiro atoms. The number of hydrogen-bond acceptors (Lipinski definition) is 7. The largest absolute Gasteiger partial charge is 0.344 e. The molecule has 0 aliphatic rings. The molecule has 0 bridgehead atoms. The van der Waals surface area contributed by atoms with Crippen molar-refractivity contribution in [1.29, 1.82) is 0 Å². The zero-order chi connectivity index (χ0) is 18.0. The number of aryl methyl sites for hydroxylation is 1. The third-order valence-corrected chi connectivity index (χ3v) is 3.39. The van der Waals surface area contributed by atoms with E-state index in [-0.39, 0.29) is 16.9 Å². The number of nitrogens with one attached hydrogen (secondary N) is 2. The van der Waals surface area contributed by atoms with Crippen molar-refractivity contribution in [2.24, 2.45) is 7.05 Å². The van der Waals surface area contributed by atoms with Crippen molar-refractivity contribution in [3.8, 4) is 0 Å². The van der Waals surface area contributed by atoms with Crippen LogP contribution in [0.25, 0.3) is 0 Å². The molecule has 0 fully saturated rings. The second-order valence-electron chi connectivity index (χ2n) is 5.18. The van der Waals surface area contributed by atoms with Crippen molar-refractivity contribution in [2.75, 3.05) is 10.6 Å². The number of halogens is 3. The van der Waals surface area contributed by atoms with E-state index in [4.69, 9.17) is 11.6 Å². The van der Waals surface area contributed by atoms with Gasteiger partial charge in [0.15, 0.2) is 16.8 Å². The number of imidazole rings is 1. The van der Waals surface area contributed by atoms with E-state index >= 15 is 0 Å². The van der Waals surface area contributed by atoms with Crippen LogP contribution in [0.1, 0.15) is 18.8 Å². The lowest BCUT2D eigenvalue weighted by molar-refractivity contribution is 0.603. The van der Waals surface area contributed by atoms with Crippen molar-refractivity contribution in [1.82, 2.24) is 29.5 Å². The summed E-state index contributed by atoms with van der Waals surface area (Å²) in [6.45, 7) is 1.72. The van der Waals surface area contributed by atoms with Gasteiger partial charge < -0.3 is 15.2 Å². The van der Waals surface area contributed by atoms with Crippen LogP contribution in [0, 0.1) is 11.6 Å². The van der Waals surface area contributed by atoms with Gasteiger partial charge in [0.25, 0.3) is 0 Å². The van der Waals surface area contributed by atoms with Crippen molar-refractivity contribution in [2.45, 2.75) is 13.0 Å². The standard InChI is InChI=1S/C14H13ClF2N8/c1-7(12-18-3-8(16)4-19-12)21-14-23-11(15)10(17)13(24-14)22-9-5-25(2)6-20-9/h3-7H,1-2H3,(H2,21,22,23,24)/t7-/m0/s1. The van der Waals surface area contributed by atoms with Gasteiger partial charge in [-0.05, 0) is 6.92 Å². The van der Waals surface area contributed by atoms with Gasteiger partial charge in [-0.15, -0.1) is 0 Å². The van der Waals surface area contributed by atoms with Crippen molar-refractivity contribution in [3.05, 3.63) is 47.5 Å². The predicted octanol–water partition coefficient (Wildman–Crippen LogP) is 2.85. The first-order valence-electron chi connectivity index (χ1n) is 7.14. The Morgan fingerprint density at radius 3 is 2.52 bits per heavy atom. The number of anilines is 3. The molecule has 0 saturated carbocycles. The molecule has 0 saturated heterocycles. The molecule has 3 heterocycles. The Morgan fingerprint density at radius 2 is 1.88 bits per heavy atom. The lowest BCUT2D eigenvalue weighted by Gasteiger charge is -2.14. The van der Waals surface area contributed by atoms with Gasteiger partial charge in [-0.2, -0.15) is 14.4 Å². The van der Waals surface area contributed by atoms with Gasteiger partial charge in [-0.25, -0.2) is 19.3 Å². The average Bonchev–Trinajstić information content (AvgIpc) is 2.97. The van der Waals surface area contributed by atoms with Crippen LogP contribution in [0.15, 0.2) is 24.9 Å². The van der Waals surface area contributed by atoms with Gasteiger partial charge in [0.2, 0.25) is 11.8 Å². The van der Waals surface area contributed by atoms with Crippen LogP contribution in [0.3, 0.4) is 0 Å². The summed E-state index contributed by atoms with van der Waals surface area (Å²) >= 11 is 5.83. The zero-order valence-electron chi connectivity index (χ0n) is 13.2. The highest BCUT2D eigenvalue weighted by Crippen LogP contribution is 2.24. The Bertz CT molecular complexity index is 883. The fourth-order valence-electron chi connectivity index (χ4n) is 1.97. The normalized spacial score (nSPS) is 12.0. The second-order valence-corrected chi connectivity index (χ2v) is 5.53. The Morgan fingerprint density at radius 1 is 1.16 bits per heavy atom. The summed E-state index contributed by atoms with van der Waals surface area (Å²) in [4.78, 5) is 19.7. The van der Waals surface area contributed by atoms with E-state index in [2.05, 4.69) is 35.6 Å². The SMILES string of the molecule is C[C@H](Nc1nc(Cl)c(F)c(Nc2cn(C)cn2)n1)c1ncc(F)cn1. The van der Waals surface area contributed by atoms with Gasteiger partial charge in [-0.3, -0.25) is 0 Å². The molecular weight excluding hydrogens is 354 g/mol. The number of hydrogen-bond donors (Lipinski definition) is 2. The highest BCUT2D eigenvalue weighted by Gasteiger charge is 2.17. The Balaban J connectivity index is 1.82. The maximum absolute atomic E-state index is 14.1. The zero-order valence-corrected chi connectivity index (χ0v) is 14.0. The van der Waals surface area contributed by atoms with Crippen molar-refractivity contribution < 1.29 is 8.78 Å². The average molecular weight is 367 g/mol. The van der Waals surface area contributed by atoms with Gasteiger partial charge in [0, 0.05) is 13.2 Å². The molecule has 8 nitrogen and oxygen atoms in total. The summed E-state index contributed by atoms with van der Waals surface area (Å²) in [5, 5.41) is 5.26. The van der Waals surface area contributed by atoms with Crippen LogP contribution in [0.5, 0.6) is 0 Å². The Hall–Kier alpha value is -2.88. The number of rotatable bonds is 5. The molecule has 0 aliphatic heterocycles. The maximum atomic E-state index is 14.1. The smallest absolute Gasteiger partial charge is 0.226 e. The third-order valence-electron chi connectivity index (χ3n) is 3.14. The van der Waals surface area contributed by atoms with E-state index < -0.39 is 17.7 Å². The quantitative estimate of drug-likeness (QED) is 0.670. The molecule has 3 rings (SSSR count). The van der Waals surface area contributed by atoms with Gasteiger partial charge >= 0.3 is 0 Å². The molecule has 1 atom stereocenters. The summed E-state index contributed by atoms with van der Waals surface area (Å²) in [7, 11) is 1.78. The first-order chi connectivity index (χ1) is 11.9. The van der Waals surface area contributed by atoms with E-state index in [1.54, 1.807) is 31.1 Å². The minimum atomic E-state index is -0.802. The first kappa shape index (κ1) is 17.0. The van der Waals surface area contributed by atoms with E-state index in [9.17, 15) is 8.78 Å². The van der Waals surface area contributed by atoms with Crippen LogP contribution in [-0.2, 0) is 7.05 Å². The number of aromatic nitrogens is 6. The molecule has 130 valence electrons. The highest BCUT2D eigenvalue weighted by atomic mass is 35.5. The van der Waals surface area contributed by atoms with E-state index in [0.29, 0.717) is 11.6 Å². The molecule has 3 aromatic heterocycles. The summed E-state index contributed by atoms with van der Waals surface area (Å²) < 4.78 is 28.7. The van der Waals surface area contributed by atoms with Gasteiger partial charge in [0.05, 0.1) is 24.8 Å². The van der Waals surface area contributed by atoms with E-state index in [1.807, 2.05) is 0 Å². The summed E-state index contributed by atoms with van der Waals surface area (Å²) in [6, 6.07) is -0.454. The molecular formula is C14H13ClF2N8. The third kappa shape index (κ3) is 3.97. The first-order valence-corrected chi connectivity index (χ1v) is 7.52. The van der Waals surface area contributed by atoms with Crippen LogP contribution < -0.4 is 10.6 Å². The van der Waals surface area contributed by atoms with Crippen LogP contribution in [0.4, 0.5) is 26.4 Å². The molecule has 3 aromatic rings. The second kappa shape index (κ2) is 6.93. The van der Waals surface area contributed by atoms with E-state index in [1.165, 1.54) is 0 Å². The minimum Gasteiger partial charge on any atom is -0.344 e. The van der Waals surface area contributed by atoms with Gasteiger partial charge in [0.1, 0.15) is 11.6 Å². The Labute approximate surface area is 146 Å². The monoisotopic (exact) mass is 366 g/mol. The highest BCUT2D eigenvalue weighted by molar-refractivity contribution is 6.29. The van der Waals surface area contributed by atoms with Gasteiger partial charge in [-0.1, -0.05) is 11.6 Å². The summed E-state index contributed by atoms with van der Waals surface area (Å²) in [6.07, 6.45) is 5.30. The van der Waals surface area contributed by atoms with Crippen LogP contribution in [-0.4, -0.2) is 29.5 Å². The molecule has 0 amide bonds. The number of nitrogens with zero attached hydrogens (tertiary/aromatic N) is 6. The predicted molar refractivity (Wildman–Crippen MR) is 87.5 cm³/mol. The molecule has 0 aliphatic carbocycles. The van der Waals surface area contributed by atoms with Crippen LogP contribution in [0.2, 0.25) is 5.15 Å². The summed E-state index contributed by atoms with van der Waals surface area (Å²) in [5.41, 5.74) is 0. The molecule has 25 heavy (non-hydrogen) atoms. The molecule has 0 aromatic carbocycles.